The van der Waals surface area contributed by atoms with Gasteiger partial charge in [-0.05, 0) is 49.8 Å². The van der Waals surface area contributed by atoms with Gasteiger partial charge >= 0.3 is 10.1 Å². The Morgan fingerprint density at radius 2 is 1.60 bits per heavy atom. The summed E-state index contributed by atoms with van der Waals surface area (Å²) in [5.74, 6) is 0.590. The summed E-state index contributed by atoms with van der Waals surface area (Å²) in [6, 6.07) is 5.85. The molecule has 144 valence electrons. The van der Waals surface area contributed by atoms with Gasteiger partial charge in [-0.2, -0.15) is 8.42 Å². The topological polar surface area (TPSA) is 63.6 Å². The summed E-state index contributed by atoms with van der Waals surface area (Å²) >= 11 is 0. The van der Waals surface area contributed by atoms with E-state index in [0.29, 0.717) is 5.75 Å². The molecule has 0 heterocycles. The summed E-state index contributed by atoms with van der Waals surface area (Å²) in [6.45, 7) is 7.48. The van der Waals surface area contributed by atoms with Gasteiger partial charge in [0, 0.05) is 6.42 Å². The second kappa shape index (κ2) is 10.2. The maximum absolute atomic E-state index is 11.8. The van der Waals surface area contributed by atoms with Gasteiger partial charge < -0.3 is 4.74 Å². The van der Waals surface area contributed by atoms with Crippen LogP contribution in [0.1, 0.15) is 83.8 Å². The van der Waals surface area contributed by atoms with E-state index in [1.165, 1.54) is 18.9 Å². The summed E-state index contributed by atoms with van der Waals surface area (Å²) in [5.41, 5.74) is 2.33. The first kappa shape index (κ1) is 22.0. The summed E-state index contributed by atoms with van der Waals surface area (Å²) < 4.78 is 39.1. The van der Waals surface area contributed by atoms with Crippen molar-refractivity contribution in [2.75, 3.05) is 0 Å². The van der Waals surface area contributed by atoms with Crippen LogP contribution >= 0.6 is 0 Å². The van der Waals surface area contributed by atoms with Gasteiger partial charge in [-0.1, -0.05) is 58.6 Å². The highest BCUT2D eigenvalue weighted by molar-refractivity contribution is 7.87. The molecule has 0 saturated heterocycles. The molecule has 1 aromatic rings. The molecule has 1 aromatic carbocycles. The second-order valence-corrected chi connectivity index (χ2v) is 8.69. The average Bonchev–Trinajstić information content (AvgIpc) is 2.56. The Balaban J connectivity index is 3.16. The molecule has 0 aromatic heterocycles. The van der Waals surface area contributed by atoms with Gasteiger partial charge in [-0.25, -0.2) is 0 Å². The minimum Gasteiger partial charge on any atom is -0.469 e. The largest absolute Gasteiger partial charge is 0.469 e. The molecule has 0 spiro atoms. The van der Waals surface area contributed by atoms with Crippen LogP contribution in [0.5, 0.6) is 5.75 Å². The molecule has 1 rings (SSSR count). The lowest BCUT2D eigenvalue weighted by Gasteiger charge is -2.28. The van der Waals surface area contributed by atoms with E-state index < -0.39 is 15.1 Å². The SMILES string of the molecule is CCCCCc1cccc(OC(C)(CC)S(=O)(=O)O)c1CCCCC. The minimum atomic E-state index is -4.31. The second-order valence-electron chi connectivity index (χ2n) is 6.87. The zero-order valence-corrected chi connectivity index (χ0v) is 17.0. The van der Waals surface area contributed by atoms with Gasteiger partial charge in [-0.3, -0.25) is 4.55 Å². The summed E-state index contributed by atoms with van der Waals surface area (Å²) in [7, 11) is -4.31. The van der Waals surface area contributed by atoms with E-state index >= 15 is 0 Å². The molecule has 0 aliphatic carbocycles. The van der Waals surface area contributed by atoms with Gasteiger partial charge in [-0.15, -0.1) is 0 Å². The fourth-order valence-corrected chi connectivity index (χ4v) is 3.44. The Morgan fingerprint density at radius 1 is 1.00 bits per heavy atom. The predicted molar refractivity (Wildman–Crippen MR) is 104 cm³/mol. The third-order valence-electron chi connectivity index (χ3n) is 4.82. The third kappa shape index (κ3) is 6.30. The normalized spacial score (nSPS) is 14.3. The van der Waals surface area contributed by atoms with Gasteiger partial charge in [0.05, 0.1) is 0 Å². The van der Waals surface area contributed by atoms with Crippen molar-refractivity contribution in [2.45, 2.75) is 90.4 Å². The molecule has 0 bridgehead atoms. The van der Waals surface area contributed by atoms with Crippen LogP contribution in [0.4, 0.5) is 0 Å². The number of benzene rings is 1. The maximum Gasteiger partial charge on any atom is 0.306 e. The molecular formula is C20H34O4S. The van der Waals surface area contributed by atoms with Crippen molar-refractivity contribution in [1.29, 1.82) is 0 Å². The van der Waals surface area contributed by atoms with Gasteiger partial charge in [0.2, 0.25) is 4.93 Å². The molecule has 0 radical (unpaired) electrons. The van der Waals surface area contributed by atoms with E-state index in [0.717, 1.165) is 50.5 Å². The number of aryl methyl sites for hydroxylation is 1. The lowest BCUT2D eigenvalue weighted by atomic mass is 9.96. The molecule has 4 nitrogen and oxygen atoms in total. The van der Waals surface area contributed by atoms with E-state index in [9.17, 15) is 13.0 Å². The predicted octanol–water partition coefficient (Wildman–Crippen LogP) is 5.54. The molecule has 1 unspecified atom stereocenters. The summed E-state index contributed by atoms with van der Waals surface area (Å²) in [6.07, 6.45) is 8.79. The van der Waals surface area contributed by atoms with E-state index in [1.807, 2.05) is 12.1 Å². The van der Waals surface area contributed by atoms with Crippen molar-refractivity contribution in [3.05, 3.63) is 29.3 Å². The number of unbranched alkanes of at least 4 members (excludes halogenated alkanes) is 4. The number of rotatable bonds is 12. The van der Waals surface area contributed by atoms with Crippen LogP contribution in [0.25, 0.3) is 0 Å². The highest BCUT2D eigenvalue weighted by Gasteiger charge is 2.39. The molecule has 25 heavy (non-hydrogen) atoms. The Morgan fingerprint density at radius 3 is 2.12 bits per heavy atom. The Kier molecular flexibility index (Phi) is 8.94. The van der Waals surface area contributed by atoms with Crippen molar-refractivity contribution >= 4 is 10.1 Å². The van der Waals surface area contributed by atoms with Crippen LogP contribution < -0.4 is 4.74 Å². The zero-order valence-electron chi connectivity index (χ0n) is 16.2. The van der Waals surface area contributed by atoms with Crippen LogP contribution in [-0.2, 0) is 23.0 Å². The van der Waals surface area contributed by atoms with Crippen molar-refractivity contribution in [3.8, 4) is 5.75 Å². The number of hydrogen-bond acceptors (Lipinski definition) is 3. The van der Waals surface area contributed by atoms with Crippen LogP contribution in [0.3, 0.4) is 0 Å². The van der Waals surface area contributed by atoms with Crippen LogP contribution in [0.15, 0.2) is 18.2 Å². The van der Waals surface area contributed by atoms with Crippen LogP contribution in [-0.4, -0.2) is 17.9 Å². The standard InChI is InChI=1S/C20H34O4S/c1-5-8-10-13-17-14-12-16-19(18(17)15-11-9-6-2)24-20(4,7-3)25(21,22)23/h12,14,16H,5-11,13,15H2,1-4H3,(H,21,22,23). The molecule has 5 heteroatoms. The van der Waals surface area contributed by atoms with E-state index in [4.69, 9.17) is 4.74 Å². The number of ether oxygens (including phenoxy) is 1. The molecular weight excluding hydrogens is 336 g/mol. The molecule has 0 aliphatic rings. The maximum atomic E-state index is 11.8. The van der Waals surface area contributed by atoms with Gasteiger partial charge in [0.1, 0.15) is 5.75 Å². The summed E-state index contributed by atoms with van der Waals surface area (Å²) in [4.78, 5) is -1.62. The molecule has 1 atom stereocenters. The van der Waals surface area contributed by atoms with Crippen LogP contribution in [0.2, 0.25) is 0 Å². The lowest BCUT2D eigenvalue weighted by Crippen LogP contribution is -2.40. The molecule has 0 fully saturated rings. The first-order chi connectivity index (χ1) is 11.8. The quantitative estimate of drug-likeness (QED) is 0.387. The number of hydrogen-bond donors (Lipinski definition) is 1. The fourth-order valence-electron chi connectivity index (χ4n) is 2.88. The van der Waals surface area contributed by atoms with Gasteiger partial charge in [0.25, 0.3) is 0 Å². The smallest absolute Gasteiger partial charge is 0.306 e. The lowest BCUT2D eigenvalue weighted by molar-refractivity contribution is 0.153. The monoisotopic (exact) mass is 370 g/mol. The van der Waals surface area contributed by atoms with Gasteiger partial charge in [0.15, 0.2) is 0 Å². The zero-order chi connectivity index (χ0) is 18.9. The molecule has 0 saturated carbocycles. The highest BCUT2D eigenvalue weighted by Crippen LogP contribution is 2.32. The average molecular weight is 371 g/mol. The van der Waals surface area contributed by atoms with Crippen molar-refractivity contribution in [2.24, 2.45) is 0 Å². The Bertz CT molecular complexity index is 625. The molecule has 1 N–H and O–H groups in total. The van der Waals surface area contributed by atoms with Crippen LogP contribution in [0, 0.1) is 0 Å². The van der Waals surface area contributed by atoms with Crippen molar-refractivity contribution in [1.82, 2.24) is 0 Å². The van der Waals surface area contributed by atoms with E-state index in [2.05, 4.69) is 19.9 Å². The highest BCUT2D eigenvalue weighted by atomic mass is 32.2. The first-order valence-electron chi connectivity index (χ1n) is 9.55. The van der Waals surface area contributed by atoms with E-state index in [1.54, 1.807) is 6.92 Å². The first-order valence-corrected chi connectivity index (χ1v) is 11.0. The van der Waals surface area contributed by atoms with Crippen molar-refractivity contribution < 1.29 is 17.7 Å². The fraction of sp³-hybridized carbons (Fsp3) is 0.700. The minimum absolute atomic E-state index is 0.181. The Hall–Kier alpha value is -1.07. The van der Waals surface area contributed by atoms with Crippen molar-refractivity contribution in [3.63, 3.8) is 0 Å². The third-order valence-corrected chi connectivity index (χ3v) is 6.29. The molecule has 0 amide bonds. The Labute approximate surface area is 153 Å². The van der Waals surface area contributed by atoms with E-state index in [-0.39, 0.29) is 6.42 Å². The summed E-state index contributed by atoms with van der Waals surface area (Å²) in [5, 5.41) is 0. The molecule has 0 aliphatic heterocycles.